The molecule has 0 atom stereocenters. The number of hydrogen-bond donors (Lipinski definition) is 2. The Labute approximate surface area is 198 Å². The number of para-hydroxylation sites is 1. The molecule has 0 bridgehead atoms. The van der Waals surface area contributed by atoms with E-state index in [1.165, 1.54) is 22.2 Å². The Balaban J connectivity index is 1.63. The summed E-state index contributed by atoms with van der Waals surface area (Å²) in [4.78, 5) is 25.2. The van der Waals surface area contributed by atoms with Crippen LogP contribution in [0.1, 0.15) is 21.5 Å². The highest BCUT2D eigenvalue weighted by molar-refractivity contribution is 6.33. The lowest BCUT2D eigenvalue weighted by molar-refractivity contribution is 0.0828. The van der Waals surface area contributed by atoms with Crippen LogP contribution in [0.4, 0.5) is 23.1 Å². The van der Waals surface area contributed by atoms with Crippen molar-refractivity contribution in [2.75, 3.05) is 45.4 Å². The first kappa shape index (κ1) is 22.8. The van der Waals surface area contributed by atoms with Gasteiger partial charge in [-0.25, -0.2) is 4.98 Å². The number of amides is 1. The molecule has 172 valence electrons. The molecule has 0 spiro atoms. The van der Waals surface area contributed by atoms with Gasteiger partial charge in [0.05, 0.1) is 30.2 Å². The molecule has 0 radical (unpaired) electrons. The number of rotatable bonds is 6. The molecule has 1 aromatic heterocycles. The maximum atomic E-state index is 12.6. The first-order valence-corrected chi connectivity index (χ1v) is 11.0. The lowest BCUT2D eigenvalue weighted by Crippen LogP contribution is -2.26. The largest absolute Gasteiger partial charge is 0.495 e. The van der Waals surface area contributed by atoms with E-state index in [9.17, 15) is 4.79 Å². The summed E-state index contributed by atoms with van der Waals surface area (Å²) >= 11 is 6.37. The van der Waals surface area contributed by atoms with Gasteiger partial charge in [0, 0.05) is 27.2 Å². The van der Waals surface area contributed by atoms with Crippen LogP contribution in [-0.4, -0.2) is 60.5 Å². The molecule has 2 heterocycles. The van der Waals surface area contributed by atoms with Gasteiger partial charge in [-0.2, -0.15) is 4.98 Å². The fourth-order valence-electron chi connectivity index (χ4n) is 3.78. The fraction of sp³-hybridized carbons (Fsp3) is 0.292. The zero-order valence-electron chi connectivity index (χ0n) is 19.1. The van der Waals surface area contributed by atoms with E-state index in [0.717, 1.165) is 30.9 Å². The van der Waals surface area contributed by atoms with E-state index in [0.29, 0.717) is 28.0 Å². The van der Waals surface area contributed by atoms with Gasteiger partial charge < -0.3 is 25.2 Å². The summed E-state index contributed by atoms with van der Waals surface area (Å²) in [6.07, 6.45) is 2.51. The summed E-state index contributed by atoms with van der Waals surface area (Å²) in [5, 5.41) is 6.78. The van der Waals surface area contributed by atoms with Crippen molar-refractivity contribution in [3.8, 4) is 5.75 Å². The van der Waals surface area contributed by atoms with Crippen LogP contribution in [0.3, 0.4) is 0 Å². The molecule has 1 aliphatic rings. The van der Waals surface area contributed by atoms with E-state index in [4.69, 9.17) is 16.3 Å². The Bertz CT molecular complexity index is 1180. The highest BCUT2D eigenvalue weighted by Gasteiger charge is 2.18. The maximum absolute atomic E-state index is 12.6. The second-order valence-corrected chi connectivity index (χ2v) is 8.60. The Kier molecular flexibility index (Phi) is 6.67. The summed E-state index contributed by atoms with van der Waals surface area (Å²) in [7, 11) is 7.18. The van der Waals surface area contributed by atoms with E-state index in [1.807, 2.05) is 18.2 Å². The third-order valence-electron chi connectivity index (χ3n) is 5.53. The van der Waals surface area contributed by atoms with Crippen molar-refractivity contribution in [3.63, 3.8) is 0 Å². The third-order valence-corrected chi connectivity index (χ3v) is 5.81. The number of anilines is 4. The Hall–Kier alpha value is -3.36. The predicted octanol–water partition coefficient (Wildman–Crippen LogP) is 4.32. The van der Waals surface area contributed by atoms with Gasteiger partial charge in [-0.3, -0.25) is 4.79 Å². The smallest absolute Gasteiger partial charge is 0.255 e. The fourth-order valence-corrected chi connectivity index (χ4v) is 3.92. The lowest BCUT2D eigenvalue weighted by atomic mass is 9.99. The molecular formula is C24H27ClN6O2. The molecule has 0 aliphatic carbocycles. The second kappa shape index (κ2) is 9.64. The maximum Gasteiger partial charge on any atom is 0.255 e. The number of methoxy groups -OCH3 is 1. The standard InChI is InChI=1S/C24H27ClN6O2/c1-30(2)23(32)17-7-5-6-8-19(17)27-22-18(25)13-26-24(29-22)28-20-11-16-14-31(3)10-9-15(16)12-21(20)33-4/h5-8,11-13H,9-10,14H2,1-4H3,(H2,26,27,28,29). The van der Waals surface area contributed by atoms with Crippen LogP contribution in [0.25, 0.3) is 0 Å². The van der Waals surface area contributed by atoms with Crippen molar-refractivity contribution >= 4 is 40.6 Å². The van der Waals surface area contributed by atoms with Crippen LogP contribution in [0.5, 0.6) is 5.75 Å². The quantitative estimate of drug-likeness (QED) is 0.560. The molecule has 0 saturated carbocycles. The van der Waals surface area contributed by atoms with Crippen molar-refractivity contribution in [1.82, 2.24) is 19.8 Å². The predicted molar refractivity (Wildman–Crippen MR) is 131 cm³/mol. The number of aromatic nitrogens is 2. The van der Waals surface area contributed by atoms with Gasteiger partial charge in [0.1, 0.15) is 10.8 Å². The number of fused-ring (bicyclic) bond motifs is 1. The van der Waals surface area contributed by atoms with Crippen LogP contribution in [0.15, 0.2) is 42.6 Å². The molecule has 0 unspecified atom stereocenters. The average molecular weight is 467 g/mol. The zero-order valence-corrected chi connectivity index (χ0v) is 19.9. The number of benzene rings is 2. The summed E-state index contributed by atoms with van der Waals surface area (Å²) in [5.41, 5.74) is 4.44. The van der Waals surface area contributed by atoms with Gasteiger partial charge in [-0.15, -0.1) is 0 Å². The molecule has 2 N–H and O–H groups in total. The van der Waals surface area contributed by atoms with Crippen molar-refractivity contribution < 1.29 is 9.53 Å². The molecule has 0 saturated heterocycles. The molecule has 9 heteroatoms. The first-order chi connectivity index (χ1) is 15.9. The van der Waals surface area contributed by atoms with Crippen molar-refractivity contribution in [2.45, 2.75) is 13.0 Å². The van der Waals surface area contributed by atoms with Gasteiger partial charge in [-0.1, -0.05) is 23.7 Å². The average Bonchev–Trinajstić information content (AvgIpc) is 2.80. The molecule has 0 fully saturated rings. The summed E-state index contributed by atoms with van der Waals surface area (Å²) < 4.78 is 5.61. The SMILES string of the molecule is COc1cc2c(cc1Nc1ncc(Cl)c(Nc3ccccc3C(=O)N(C)C)n1)CN(C)CC2. The van der Waals surface area contributed by atoms with Crippen molar-refractivity contribution in [1.29, 1.82) is 0 Å². The van der Waals surface area contributed by atoms with Crippen LogP contribution in [0.2, 0.25) is 5.02 Å². The minimum atomic E-state index is -0.120. The van der Waals surface area contributed by atoms with Crippen LogP contribution < -0.4 is 15.4 Å². The number of halogens is 1. The normalized spacial score (nSPS) is 13.2. The molecular weight excluding hydrogens is 440 g/mol. The summed E-state index contributed by atoms with van der Waals surface area (Å²) in [6.45, 7) is 1.90. The van der Waals surface area contributed by atoms with Crippen LogP contribution >= 0.6 is 11.6 Å². The van der Waals surface area contributed by atoms with Gasteiger partial charge in [0.25, 0.3) is 5.91 Å². The number of likely N-dealkylation sites (N-methyl/N-ethyl adjacent to an activating group) is 1. The minimum absolute atomic E-state index is 0.120. The molecule has 3 aromatic rings. The zero-order chi connectivity index (χ0) is 23.5. The molecule has 8 nitrogen and oxygen atoms in total. The number of hydrogen-bond acceptors (Lipinski definition) is 7. The van der Waals surface area contributed by atoms with E-state index < -0.39 is 0 Å². The highest BCUT2D eigenvalue weighted by Crippen LogP contribution is 2.34. The molecule has 1 aliphatic heterocycles. The minimum Gasteiger partial charge on any atom is -0.495 e. The van der Waals surface area contributed by atoms with E-state index in [-0.39, 0.29) is 5.91 Å². The molecule has 2 aromatic carbocycles. The number of nitrogens with zero attached hydrogens (tertiary/aromatic N) is 4. The Morgan fingerprint density at radius 1 is 1.15 bits per heavy atom. The lowest BCUT2D eigenvalue weighted by Gasteiger charge is -2.26. The second-order valence-electron chi connectivity index (χ2n) is 8.19. The number of ether oxygens (including phenoxy) is 1. The molecule has 4 rings (SSSR count). The van der Waals surface area contributed by atoms with Gasteiger partial charge in [0.2, 0.25) is 5.95 Å². The van der Waals surface area contributed by atoms with Crippen molar-refractivity contribution in [2.24, 2.45) is 0 Å². The molecule has 1 amide bonds. The van der Waals surface area contributed by atoms with Crippen molar-refractivity contribution in [3.05, 3.63) is 64.3 Å². The molecule has 33 heavy (non-hydrogen) atoms. The summed E-state index contributed by atoms with van der Waals surface area (Å²) in [5.74, 6) is 1.37. The third kappa shape index (κ3) is 5.02. The van der Waals surface area contributed by atoms with Gasteiger partial charge >= 0.3 is 0 Å². The van der Waals surface area contributed by atoms with Gasteiger partial charge in [0.15, 0.2) is 5.82 Å². The number of carbonyl (C=O) groups is 1. The van der Waals surface area contributed by atoms with E-state index >= 15 is 0 Å². The van der Waals surface area contributed by atoms with Gasteiger partial charge in [-0.05, 0) is 48.9 Å². The number of carbonyl (C=O) groups excluding carboxylic acids is 1. The number of nitrogens with one attached hydrogen (secondary N) is 2. The first-order valence-electron chi connectivity index (χ1n) is 10.6. The van der Waals surface area contributed by atoms with Crippen LogP contribution in [-0.2, 0) is 13.0 Å². The highest BCUT2D eigenvalue weighted by atomic mass is 35.5. The summed E-state index contributed by atoms with van der Waals surface area (Å²) in [6, 6.07) is 11.4. The van der Waals surface area contributed by atoms with Crippen LogP contribution in [0, 0.1) is 0 Å². The van der Waals surface area contributed by atoms with E-state index in [1.54, 1.807) is 27.3 Å². The topological polar surface area (TPSA) is 82.6 Å². The monoisotopic (exact) mass is 466 g/mol. The Morgan fingerprint density at radius 3 is 2.70 bits per heavy atom. The Morgan fingerprint density at radius 2 is 1.94 bits per heavy atom. The van der Waals surface area contributed by atoms with E-state index in [2.05, 4.69) is 44.7 Å².